The van der Waals surface area contributed by atoms with Gasteiger partial charge >= 0.3 is 0 Å². The Kier molecular flexibility index (Phi) is 5.28. The number of hydrogen-bond donors (Lipinski definition) is 1. The second kappa shape index (κ2) is 6.50. The van der Waals surface area contributed by atoms with Crippen molar-refractivity contribution in [3.63, 3.8) is 0 Å². The van der Waals surface area contributed by atoms with Crippen molar-refractivity contribution >= 4 is 11.7 Å². The molecule has 0 unspecified atom stereocenters. The van der Waals surface area contributed by atoms with Gasteiger partial charge in [0.05, 0.1) is 0 Å². The third kappa shape index (κ3) is 4.51. The maximum atomic E-state index is 11.9. The summed E-state index contributed by atoms with van der Waals surface area (Å²) in [5, 5.41) is 2.64. The van der Waals surface area contributed by atoms with E-state index in [9.17, 15) is 9.59 Å². The third-order valence-corrected chi connectivity index (χ3v) is 3.04. The van der Waals surface area contributed by atoms with E-state index in [0.29, 0.717) is 12.1 Å². The van der Waals surface area contributed by atoms with Gasteiger partial charge in [0.2, 0.25) is 5.78 Å². The van der Waals surface area contributed by atoms with Gasteiger partial charge in [-0.3, -0.25) is 9.59 Å². The number of hydrogen-bond acceptors (Lipinski definition) is 2. The normalized spacial score (nSPS) is 11.2. The Hall–Kier alpha value is -1.64. The van der Waals surface area contributed by atoms with E-state index >= 15 is 0 Å². The Balaban J connectivity index is 2.70. The zero-order valence-electron chi connectivity index (χ0n) is 12.2. The molecule has 104 valence electrons. The van der Waals surface area contributed by atoms with Gasteiger partial charge in [-0.2, -0.15) is 0 Å². The number of unbranched alkanes of at least 4 members (excludes halogenated alkanes) is 1. The maximum absolute atomic E-state index is 11.9. The van der Waals surface area contributed by atoms with E-state index in [1.807, 2.05) is 19.1 Å². The first-order valence-corrected chi connectivity index (χ1v) is 6.79. The van der Waals surface area contributed by atoms with Crippen molar-refractivity contribution in [3.05, 3.63) is 35.4 Å². The van der Waals surface area contributed by atoms with E-state index < -0.39 is 11.7 Å². The summed E-state index contributed by atoms with van der Waals surface area (Å²) in [6.45, 7) is 8.93. The van der Waals surface area contributed by atoms with Gasteiger partial charge in [-0.25, -0.2) is 0 Å². The number of ketones is 1. The molecule has 19 heavy (non-hydrogen) atoms. The Morgan fingerprint density at radius 1 is 1.11 bits per heavy atom. The van der Waals surface area contributed by atoms with Gasteiger partial charge < -0.3 is 5.32 Å². The fraction of sp³-hybridized carbons (Fsp3) is 0.500. The fourth-order valence-electron chi connectivity index (χ4n) is 1.71. The van der Waals surface area contributed by atoms with Crippen LogP contribution in [0, 0.1) is 0 Å². The molecule has 0 spiro atoms. The molecule has 0 atom stereocenters. The highest BCUT2D eigenvalue weighted by atomic mass is 16.2. The molecule has 1 aromatic carbocycles. The van der Waals surface area contributed by atoms with Crippen molar-refractivity contribution < 1.29 is 9.59 Å². The predicted molar refractivity (Wildman–Crippen MR) is 77.4 cm³/mol. The molecule has 1 rings (SSSR count). The average Bonchev–Trinajstić information content (AvgIpc) is 2.37. The van der Waals surface area contributed by atoms with Crippen LogP contribution in [-0.2, 0) is 10.2 Å². The summed E-state index contributed by atoms with van der Waals surface area (Å²) < 4.78 is 0. The first-order chi connectivity index (χ1) is 8.86. The quantitative estimate of drug-likeness (QED) is 0.503. The monoisotopic (exact) mass is 261 g/mol. The van der Waals surface area contributed by atoms with Gasteiger partial charge in [0.1, 0.15) is 0 Å². The van der Waals surface area contributed by atoms with Gasteiger partial charge in [-0.05, 0) is 17.4 Å². The van der Waals surface area contributed by atoms with Gasteiger partial charge in [-0.15, -0.1) is 0 Å². The van der Waals surface area contributed by atoms with Crippen LogP contribution in [-0.4, -0.2) is 18.2 Å². The molecule has 3 nitrogen and oxygen atoms in total. The molecule has 3 heteroatoms. The maximum Gasteiger partial charge on any atom is 0.292 e. The zero-order valence-corrected chi connectivity index (χ0v) is 12.2. The Morgan fingerprint density at radius 2 is 1.68 bits per heavy atom. The minimum atomic E-state index is -0.517. The van der Waals surface area contributed by atoms with Crippen molar-refractivity contribution in [2.45, 2.75) is 46.0 Å². The molecule has 1 N–H and O–H groups in total. The molecule has 0 radical (unpaired) electrons. The molecule has 0 aliphatic rings. The first kappa shape index (κ1) is 15.4. The lowest BCUT2D eigenvalue weighted by atomic mass is 9.86. The number of Topliss-reactive ketones (excluding diaryl/α,β-unsaturated/α-hetero) is 1. The number of nitrogens with one attached hydrogen (secondary N) is 1. The standard InChI is InChI=1S/C16H23NO2/c1-5-6-11-17-15(19)14(18)12-7-9-13(10-8-12)16(2,3)4/h7-10H,5-6,11H2,1-4H3,(H,17,19). The van der Waals surface area contributed by atoms with Crippen molar-refractivity contribution in [1.29, 1.82) is 0 Å². The summed E-state index contributed by atoms with van der Waals surface area (Å²) in [4.78, 5) is 23.5. The van der Waals surface area contributed by atoms with E-state index in [4.69, 9.17) is 0 Å². The molecule has 0 heterocycles. The van der Waals surface area contributed by atoms with Crippen LogP contribution in [0.2, 0.25) is 0 Å². The van der Waals surface area contributed by atoms with Crippen molar-refractivity contribution in [3.8, 4) is 0 Å². The van der Waals surface area contributed by atoms with Crippen molar-refractivity contribution in [2.75, 3.05) is 6.54 Å². The highest BCUT2D eigenvalue weighted by Gasteiger charge is 2.17. The first-order valence-electron chi connectivity index (χ1n) is 6.79. The van der Waals surface area contributed by atoms with E-state index in [2.05, 4.69) is 26.1 Å². The highest BCUT2D eigenvalue weighted by molar-refractivity contribution is 6.42. The topological polar surface area (TPSA) is 46.2 Å². The lowest BCUT2D eigenvalue weighted by molar-refractivity contribution is -0.117. The van der Waals surface area contributed by atoms with Gasteiger partial charge in [0, 0.05) is 12.1 Å². The highest BCUT2D eigenvalue weighted by Crippen LogP contribution is 2.22. The van der Waals surface area contributed by atoms with E-state index in [0.717, 1.165) is 18.4 Å². The van der Waals surface area contributed by atoms with E-state index in [-0.39, 0.29) is 5.41 Å². The largest absolute Gasteiger partial charge is 0.349 e. The molecule has 0 aromatic heterocycles. The SMILES string of the molecule is CCCCNC(=O)C(=O)c1ccc(C(C)(C)C)cc1. The van der Waals surface area contributed by atoms with Gasteiger partial charge in [-0.1, -0.05) is 58.4 Å². The Labute approximate surface area is 115 Å². The van der Waals surface area contributed by atoms with Gasteiger partial charge in [0.15, 0.2) is 0 Å². The number of carbonyl (C=O) groups is 2. The molecule has 0 aliphatic heterocycles. The van der Waals surface area contributed by atoms with Crippen molar-refractivity contribution in [2.24, 2.45) is 0 Å². The van der Waals surface area contributed by atoms with Crippen molar-refractivity contribution in [1.82, 2.24) is 5.32 Å². The fourth-order valence-corrected chi connectivity index (χ4v) is 1.71. The summed E-state index contributed by atoms with van der Waals surface area (Å²) in [6.07, 6.45) is 1.89. The van der Waals surface area contributed by atoms with Crippen LogP contribution in [0.15, 0.2) is 24.3 Å². The van der Waals surface area contributed by atoms with E-state index in [1.165, 1.54) is 0 Å². The number of amides is 1. The molecule has 0 saturated heterocycles. The van der Waals surface area contributed by atoms with Crippen LogP contribution in [0.5, 0.6) is 0 Å². The predicted octanol–water partition coefficient (Wildman–Crippen LogP) is 3.08. The smallest absolute Gasteiger partial charge is 0.292 e. The molecule has 0 aliphatic carbocycles. The van der Waals surface area contributed by atoms with Crippen LogP contribution in [0.4, 0.5) is 0 Å². The van der Waals surface area contributed by atoms with Gasteiger partial charge in [0.25, 0.3) is 5.91 Å². The molecule has 0 fully saturated rings. The minimum absolute atomic E-state index is 0.0466. The molecule has 0 bridgehead atoms. The van der Waals surface area contributed by atoms with Crippen LogP contribution < -0.4 is 5.32 Å². The Bertz CT molecular complexity index is 441. The summed E-state index contributed by atoms with van der Waals surface area (Å²) >= 11 is 0. The Morgan fingerprint density at radius 3 is 2.16 bits per heavy atom. The lowest BCUT2D eigenvalue weighted by Crippen LogP contribution is -2.31. The van der Waals surface area contributed by atoms with Crippen LogP contribution in [0.1, 0.15) is 56.5 Å². The summed E-state index contributed by atoms with van der Waals surface area (Å²) in [5.74, 6) is -0.978. The molecule has 1 aromatic rings. The second-order valence-corrected chi connectivity index (χ2v) is 5.77. The van der Waals surface area contributed by atoms with Crippen LogP contribution >= 0.6 is 0 Å². The molecular formula is C16H23NO2. The summed E-state index contributed by atoms with van der Waals surface area (Å²) in [7, 11) is 0. The third-order valence-electron chi connectivity index (χ3n) is 3.04. The zero-order chi connectivity index (χ0) is 14.5. The summed E-state index contributed by atoms with van der Waals surface area (Å²) in [6, 6.07) is 7.27. The lowest BCUT2D eigenvalue weighted by Gasteiger charge is -2.18. The molecular weight excluding hydrogens is 238 g/mol. The number of rotatable bonds is 5. The average molecular weight is 261 g/mol. The molecule has 0 saturated carbocycles. The van der Waals surface area contributed by atoms with Crippen LogP contribution in [0.25, 0.3) is 0 Å². The van der Waals surface area contributed by atoms with Crippen LogP contribution in [0.3, 0.4) is 0 Å². The second-order valence-electron chi connectivity index (χ2n) is 5.77. The number of benzene rings is 1. The minimum Gasteiger partial charge on any atom is -0.349 e. The number of carbonyl (C=O) groups excluding carboxylic acids is 2. The summed E-state index contributed by atoms with van der Waals surface area (Å²) in [5.41, 5.74) is 1.64. The molecule has 1 amide bonds. The van der Waals surface area contributed by atoms with E-state index in [1.54, 1.807) is 12.1 Å².